The Morgan fingerprint density at radius 2 is 2.14 bits per heavy atom. The van der Waals surface area contributed by atoms with Crippen molar-refractivity contribution in [3.8, 4) is 11.8 Å². The number of amides is 1. The summed E-state index contributed by atoms with van der Waals surface area (Å²) in [4.78, 5) is 15.7. The molecule has 1 heterocycles. The summed E-state index contributed by atoms with van der Waals surface area (Å²) >= 11 is 0. The summed E-state index contributed by atoms with van der Waals surface area (Å²) in [5.74, 6) is 5.16. The van der Waals surface area contributed by atoms with Gasteiger partial charge in [0.15, 0.2) is 0 Å². The van der Waals surface area contributed by atoms with Gasteiger partial charge >= 0.3 is 0 Å². The van der Waals surface area contributed by atoms with Crippen molar-refractivity contribution in [2.45, 2.75) is 6.42 Å². The predicted molar refractivity (Wildman–Crippen MR) is 78.0 cm³/mol. The molecule has 0 spiro atoms. The summed E-state index contributed by atoms with van der Waals surface area (Å²) in [5.41, 5.74) is 0.913. The second-order valence-electron chi connectivity index (χ2n) is 4.16. The van der Waals surface area contributed by atoms with E-state index in [0.717, 1.165) is 6.26 Å². The van der Waals surface area contributed by atoms with Gasteiger partial charge in [-0.05, 0) is 6.07 Å². The van der Waals surface area contributed by atoms with E-state index in [1.165, 1.54) is 12.4 Å². The van der Waals surface area contributed by atoms with Gasteiger partial charge in [0.25, 0.3) is 5.91 Å². The monoisotopic (exact) mass is 311 g/mol. The second-order valence-corrected chi connectivity index (χ2v) is 5.99. The predicted octanol–water partition coefficient (Wildman–Crippen LogP) is -0.905. The first-order valence-corrected chi connectivity index (χ1v) is 8.09. The van der Waals surface area contributed by atoms with Gasteiger partial charge in [0.05, 0.1) is 18.4 Å². The molecular formula is C13H17N3O4S. The molecule has 7 nitrogen and oxygen atoms in total. The highest BCUT2D eigenvalue weighted by Gasteiger charge is 2.06. The number of nitrogens with zero attached hydrogens (tertiary/aromatic N) is 1. The van der Waals surface area contributed by atoms with Crippen molar-refractivity contribution in [2.24, 2.45) is 0 Å². The van der Waals surface area contributed by atoms with Crippen LogP contribution in [-0.4, -0.2) is 50.4 Å². The van der Waals surface area contributed by atoms with E-state index in [-0.39, 0.29) is 25.6 Å². The normalized spacial score (nSPS) is 10.6. The largest absolute Gasteiger partial charge is 0.395 e. The summed E-state index contributed by atoms with van der Waals surface area (Å²) in [5, 5.41) is 11.2. The topological polar surface area (TPSA) is 108 Å². The molecule has 1 aromatic rings. The second kappa shape index (κ2) is 8.36. The highest BCUT2D eigenvalue weighted by atomic mass is 32.2. The van der Waals surface area contributed by atoms with Gasteiger partial charge in [0.2, 0.25) is 10.0 Å². The minimum absolute atomic E-state index is 0.0199. The number of rotatable bonds is 6. The lowest BCUT2D eigenvalue weighted by Crippen LogP contribution is -2.34. The van der Waals surface area contributed by atoms with Gasteiger partial charge in [-0.3, -0.25) is 9.78 Å². The molecule has 1 aromatic heterocycles. The molecule has 0 aliphatic carbocycles. The van der Waals surface area contributed by atoms with Gasteiger partial charge in [-0.1, -0.05) is 11.8 Å². The van der Waals surface area contributed by atoms with Crippen LogP contribution in [0.3, 0.4) is 0 Å². The Bertz CT molecular complexity index is 647. The number of carbonyl (C=O) groups excluding carboxylic acids is 1. The molecule has 0 fully saturated rings. The van der Waals surface area contributed by atoms with E-state index in [9.17, 15) is 13.2 Å². The number of carbonyl (C=O) groups is 1. The molecule has 0 bridgehead atoms. The van der Waals surface area contributed by atoms with Crippen LogP contribution >= 0.6 is 0 Å². The lowest BCUT2D eigenvalue weighted by Gasteiger charge is -2.05. The van der Waals surface area contributed by atoms with Crippen molar-refractivity contribution in [2.75, 3.05) is 26.0 Å². The van der Waals surface area contributed by atoms with Gasteiger partial charge in [-0.25, -0.2) is 13.1 Å². The zero-order valence-corrected chi connectivity index (χ0v) is 12.4. The summed E-state index contributed by atoms with van der Waals surface area (Å²) in [6, 6.07) is 1.58. The van der Waals surface area contributed by atoms with Gasteiger partial charge < -0.3 is 10.4 Å². The molecule has 0 saturated heterocycles. The minimum atomic E-state index is -3.26. The average molecular weight is 311 g/mol. The lowest BCUT2D eigenvalue weighted by atomic mass is 10.2. The Kier molecular flexibility index (Phi) is 6.81. The third kappa shape index (κ3) is 7.41. The first kappa shape index (κ1) is 17.1. The highest BCUT2D eigenvalue weighted by Crippen LogP contribution is 2.01. The lowest BCUT2D eigenvalue weighted by molar-refractivity contribution is 0.0954. The molecular weight excluding hydrogens is 294 g/mol. The number of nitrogens with one attached hydrogen (secondary N) is 2. The molecule has 3 N–H and O–H groups in total. The molecule has 0 saturated carbocycles. The summed E-state index contributed by atoms with van der Waals surface area (Å²) < 4.78 is 24.0. The fraction of sp³-hybridized carbons (Fsp3) is 0.385. The van der Waals surface area contributed by atoms with Gasteiger partial charge in [-0.15, -0.1) is 0 Å². The molecule has 0 atom stereocenters. The maximum absolute atomic E-state index is 11.8. The standard InChI is InChI=1S/C13H17N3O4S/c1-21(19,20)16-6-5-15-13(18)12-8-11(9-14-10-12)4-2-3-7-17/h8-10,16-17H,3,5-7H2,1H3,(H,15,18). The van der Waals surface area contributed by atoms with E-state index in [4.69, 9.17) is 5.11 Å². The van der Waals surface area contributed by atoms with Gasteiger partial charge in [0, 0.05) is 37.5 Å². The fourth-order valence-corrected chi connectivity index (χ4v) is 1.84. The van der Waals surface area contributed by atoms with Crippen molar-refractivity contribution in [1.82, 2.24) is 15.0 Å². The third-order valence-electron chi connectivity index (χ3n) is 2.24. The van der Waals surface area contributed by atoms with Crippen LogP contribution in [0.25, 0.3) is 0 Å². The molecule has 0 unspecified atom stereocenters. The van der Waals surface area contributed by atoms with Crippen molar-refractivity contribution < 1.29 is 18.3 Å². The van der Waals surface area contributed by atoms with Crippen LogP contribution in [0.5, 0.6) is 0 Å². The molecule has 1 amide bonds. The molecule has 21 heavy (non-hydrogen) atoms. The molecule has 8 heteroatoms. The maximum atomic E-state index is 11.8. The minimum Gasteiger partial charge on any atom is -0.395 e. The van der Waals surface area contributed by atoms with Crippen LogP contribution in [0.4, 0.5) is 0 Å². The molecule has 1 rings (SSSR count). The van der Waals surface area contributed by atoms with Crippen molar-refractivity contribution in [1.29, 1.82) is 0 Å². The van der Waals surface area contributed by atoms with Crippen LogP contribution in [0, 0.1) is 11.8 Å². The number of aliphatic hydroxyl groups is 1. The van der Waals surface area contributed by atoms with Crippen molar-refractivity contribution in [3.63, 3.8) is 0 Å². The summed E-state index contributed by atoms with van der Waals surface area (Å²) in [7, 11) is -3.26. The summed E-state index contributed by atoms with van der Waals surface area (Å²) in [6.07, 6.45) is 4.32. The van der Waals surface area contributed by atoms with Crippen LogP contribution in [0.1, 0.15) is 22.3 Å². The zero-order chi connectivity index (χ0) is 15.7. The van der Waals surface area contributed by atoms with E-state index in [1.807, 2.05) is 0 Å². The number of aliphatic hydroxyl groups excluding tert-OH is 1. The van der Waals surface area contributed by atoms with Crippen molar-refractivity contribution >= 4 is 15.9 Å². The van der Waals surface area contributed by atoms with Crippen molar-refractivity contribution in [3.05, 3.63) is 29.6 Å². The SMILES string of the molecule is CS(=O)(=O)NCCNC(=O)c1cncc(C#CCCO)c1. The van der Waals surface area contributed by atoms with Crippen LogP contribution in [-0.2, 0) is 10.0 Å². The molecule has 114 valence electrons. The number of sulfonamides is 1. The zero-order valence-electron chi connectivity index (χ0n) is 11.6. The Balaban J connectivity index is 2.55. The Labute approximate surface area is 123 Å². The van der Waals surface area contributed by atoms with E-state index < -0.39 is 10.0 Å². The Morgan fingerprint density at radius 1 is 1.38 bits per heavy atom. The number of hydrogen-bond acceptors (Lipinski definition) is 5. The Hall–Kier alpha value is -1.95. The molecule has 0 aliphatic rings. The highest BCUT2D eigenvalue weighted by molar-refractivity contribution is 7.88. The fourth-order valence-electron chi connectivity index (χ4n) is 1.37. The van der Waals surface area contributed by atoms with Crippen LogP contribution in [0.15, 0.2) is 18.5 Å². The number of pyridine rings is 1. The Morgan fingerprint density at radius 3 is 2.81 bits per heavy atom. The van der Waals surface area contributed by atoms with Gasteiger partial charge in [0.1, 0.15) is 0 Å². The first-order valence-electron chi connectivity index (χ1n) is 6.20. The van der Waals surface area contributed by atoms with E-state index in [1.54, 1.807) is 6.07 Å². The molecule has 0 aromatic carbocycles. The average Bonchev–Trinajstić information content (AvgIpc) is 2.43. The number of aromatic nitrogens is 1. The quantitative estimate of drug-likeness (QED) is 0.466. The molecule has 0 aliphatic heterocycles. The van der Waals surface area contributed by atoms with E-state index in [2.05, 4.69) is 26.9 Å². The van der Waals surface area contributed by atoms with Gasteiger partial charge in [-0.2, -0.15) is 0 Å². The maximum Gasteiger partial charge on any atom is 0.252 e. The third-order valence-corrected chi connectivity index (χ3v) is 2.97. The number of hydrogen-bond donors (Lipinski definition) is 3. The van der Waals surface area contributed by atoms with E-state index in [0.29, 0.717) is 17.5 Å². The first-order chi connectivity index (χ1) is 9.92. The molecule has 0 radical (unpaired) electrons. The smallest absolute Gasteiger partial charge is 0.252 e. The van der Waals surface area contributed by atoms with E-state index >= 15 is 0 Å². The summed E-state index contributed by atoms with van der Waals surface area (Å²) in [6.45, 7) is 0.272. The van der Waals surface area contributed by atoms with Crippen LogP contribution in [0.2, 0.25) is 0 Å². The van der Waals surface area contributed by atoms with Crippen LogP contribution < -0.4 is 10.0 Å².